The standard InChI is InChI=1S/C23H16N4O2/c1-2-6-17(7-3-1)23-27-26-22(29-23)15-28-18-12-10-16(11-13-18)21-14-24-19-8-4-5-9-20(19)25-21/h1-14H,15H2. The number of aromatic nitrogens is 4. The maximum Gasteiger partial charge on any atom is 0.254 e. The van der Waals surface area contributed by atoms with E-state index in [1.165, 1.54) is 0 Å². The van der Waals surface area contributed by atoms with E-state index >= 15 is 0 Å². The van der Waals surface area contributed by atoms with Crippen LogP contribution in [0.4, 0.5) is 0 Å². The van der Waals surface area contributed by atoms with Crippen molar-refractivity contribution in [1.29, 1.82) is 0 Å². The molecule has 2 aromatic heterocycles. The molecule has 0 aliphatic carbocycles. The fourth-order valence-corrected chi connectivity index (χ4v) is 2.97. The van der Waals surface area contributed by atoms with Gasteiger partial charge in [0.15, 0.2) is 6.61 Å². The minimum atomic E-state index is 0.203. The van der Waals surface area contributed by atoms with E-state index in [9.17, 15) is 0 Å². The van der Waals surface area contributed by atoms with E-state index in [-0.39, 0.29) is 6.61 Å². The van der Waals surface area contributed by atoms with Crippen LogP contribution in [0, 0.1) is 0 Å². The van der Waals surface area contributed by atoms with E-state index in [0.717, 1.165) is 27.9 Å². The highest BCUT2D eigenvalue weighted by Gasteiger charge is 2.09. The summed E-state index contributed by atoms with van der Waals surface area (Å²) in [6.45, 7) is 0.203. The predicted octanol–water partition coefficient (Wildman–Crippen LogP) is 4.93. The minimum Gasteiger partial charge on any atom is -0.484 e. The van der Waals surface area contributed by atoms with Crippen molar-refractivity contribution in [1.82, 2.24) is 20.2 Å². The van der Waals surface area contributed by atoms with Crippen molar-refractivity contribution in [3.63, 3.8) is 0 Å². The summed E-state index contributed by atoms with van der Waals surface area (Å²) in [4.78, 5) is 9.13. The number of hydrogen-bond acceptors (Lipinski definition) is 6. The summed E-state index contributed by atoms with van der Waals surface area (Å²) in [6.07, 6.45) is 1.78. The Balaban J connectivity index is 1.27. The van der Waals surface area contributed by atoms with Gasteiger partial charge in [-0.25, -0.2) is 4.98 Å². The molecule has 0 amide bonds. The Morgan fingerprint density at radius 1 is 0.724 bits per heavy atom. The molecule has 140 valence electrons. The van der Waals surface area contributed by atoms with E-state index in [2.05, 4.69) is 20.2 Å². The Hall–Kier alpha value is -4.06. The molecular weight excluding hydrogens is 364 g/mol. The van der Waals surface area contributed by atoms with Gasteiger partial charge < -0.3 is 9.15 Å². The SMILES string of the molecule is c1ccc(-c2nnc(COc3ccc(-c4cnc5ccccc5n4)cc3)o2)cc1. The molecule has 2 heterocycles. The Morgan fingerprint density at radius 3 is 2.31 bits per heavy atom. The number of ether oxygens (including phenoxy) is 1. The Morgan fingerprint density at radius 2 is 1.48 bits per heavy atom. The molecule has 0 fully saturated rings. The quantitative estimate of drug-likeness (QED) is 0.431. The lowest BCUT2D eigenvalue weighted by Crippen LogP contribution is -1.95. The van der Waals surface area contributed by atoms with Gasteiger partial charge in [-0.05, 0) is 48.5 Å². The average Bonchev–Trinajstić information content (AvgIpc) is 3.27. The largest absolute Gasteiger partial charge is 0.484 e. The zero-order valence-corrected chi connectivity index (χ0v) is 15.4. The van der Waals surface area contributed by atoms with Gasteiger partial charge in [0, 0.05) is 11.1 Å². The van der Waals surface area contributed by atoms with E-state index in [1.54, 1.807) is 6.20 Å². The average molecular weight is 380 g/mol. The van der Waals surface area contributed by atoms with E-state index in [4.69, 9.17) is 9.15 Å². The summed E-state index contributed by atoms with van der Waals surface area (Å²) < 4.78 is 11.4. The molecule has 6 heteroatoms. The highest BCUT2D eigenvalue weighted by atomic mass is 16.5. The van der Waals surface area contributed by atoms with Crippen LogP contribution in [0.25, 0.3) is 33.7 Å². The maximum atomic E-state index is 5.77. The van der Waals surface area contributed by atoms with Gasteiger partial charge in [0.1, 0.15) is 5.75 Å². The second-order valence-electron chi connectivity index (χ2n) is 6.42. The van der Waals surface area contributed by atoms with Crippen LogP contribution in [0.5, 0.6) is 5.75 Å². The predicted molar refractivity (Wildman–Crippen MR) is 109 cm³/mol. The Bertz CT molecular complexity index is 1250. The van der Waals surface area contributed by atoms with Gasteiger partial charge in [-0.1, -0.05) is 30.3 Å². The monoisotopic (exact) mass is 380 g/mol. The van der Waals surface area contributed by atoms with Gasteiger partial charge in [-0.3, -0.25) is 4.98 Å². The molecule has 0 unspecified atom stereocenters. The third-order valence-corrected chi connectivity index (χ3v) is 4.45. The molecule has 0 saturated carbocycles. The molecule has 0 N–H and O–H groups in total. The van der Waals surface area contributed by atoms with E-state index in [0.29, 0.717) is 17.5 Å². The number of para-hydroxylation sites is 2. The number of rotatable bonds is 5. The minimum absolute atomic E-state index is 0.203. The lowest BCUT2D eigenvalue weighted by molar-refractivity contribution is 0.264. The third-order valence-electron chi connectivity index (χ3n) is 4.45. The van der Waals surface area contributed by atoms with Gasteiger partial charge in [0.25, 0.3) is 5.89 Å². The van der Waals surface area contributed by atoms with Crippen LogP contribution in [0.15, 0.2) is 89.5 Å². The Labute approximate surface area is 166 Å². The normalized spacial score (nSPS) is 10.9. The molecule has 6 nitrogen and oxygen atoms in total. The van der Waals surface area contributed by atoms with E-state index < -0.39 is 0 Å². The number of nitrogens with zero attached hydrogens (tertiary/aromatic N) is 4. The fraction of sp³-hybridized carbons (Fsp3) is 0.0435. The van der Waals surface area contributed by atoms with Gasteiger partial charge in [0.05, 0.1) is 22.9 Å². The first-order chi connectivity index (χ1) is 14.3. The molecule has 0 aliphatic heterocycles. The van der Waals surface area contributed by atoms with Crippen molar-refractivity contribution in [2.24, 2.45) is 0 Å². The fourth-order valence-electron chi connectivity index (χ4n) is 2.97. The van der Waals surface area contributed by atoms with Crippen molar-refractivity contribution in [2.75, 3.05) is 0 Å². The van der Waals surface area contributed by atoms with E-state index in [1.807, 2.05) is 78.9 Å². The summed E-state index contributed by atoms with van der Waals surface area (Å²) in [5.74, 6) is 1.62. The summed E-state index contributed by atoms with van der Waals surface area (Å²) in [6, 6.07) is 25.1. The zero-order chi connectivity index (χ0) is 19.5. The topological polar surface area (TPSA) is 73.9 Å². The van der Waals surface area contributed by atoms with Crippen molar-refractivity contribution >= 4 is 11.0 Å². The first kappa shape index (κ1) is 17.1. The molecule has 0 saturated heterocycles. The number of fused-ring (bicyclic) bond motifs is 1. The van der Waals surface area contributed by atoms with Gasteiger partial charge >= 0.3 is 0 Å². The maximum absolute atomic E-state index is 5.77. The Kier molecular flexibility index (Phi) is 4.42. The molecule has 0 atom stereocenters. The molecule has 0 spiro atoms. The van der Waals surface area contributed by atoms with Crippen molar-refractivity contribution in [2.45, 2.75) is 6.61 Å². The molecule has 3 aromatic carbocycles. The zero-order valence-electron chi connectivity index (χ0n) is 15.4. The lowest BCUT2D eigenvalue weighted by atomic mass is 10.1. The highest BCUT2D eigenvalue weighted by Crippen LogP contribution is 2.23. The van der Waals surface area contributed by atoms with Gasteiger partial charge in [-0.15, -0.1) is 10.2 Å². The first-order valence-corrected chi connectivity index (χ1v) is 9.18. The van der Waals surface area contributed by atoms with Crippen molar-refractivity contribution in [3.05, 3.63) is 91.0 Å². The van der Waals surface area contributed by atoms with Crippen LogP contribution in [0.3, 0.4) is 0 Å². The molecular formula is C23H16N4O2. The summed E-state index contributed by atoms with van der Waals surface area (Å²) in [5, 5.41) is 8.11. The second-order valence-corrected chi connectivity index (χ2v) is 6.42. The molecule has 5 aromatic rings. The van der Waals surface area contributed by atoms with Gasteiger partial charge in [0.2, 0.25) is 5.89 Å². The van der Waals surface area contributed by atoms with Crippen molar-refractivity contribution < 1.29 is 9.15 Å². The molecule has 0 radical (unpaired) electrons. The molecule has 0 bridgehead atoms. The first-order valence-electron chi connectivity index (χ1n) is 9.18. The molecule has 5 rings (SSSR count). The number of benzene rings is 3. The summed E-state index contributed by atoms with van der Waals surface area (Å²) in [7, 11) is 0. The molecule has 0 aliphatic rings. The second kappa shape index (κ2) is 7.52. The number of hydrogen-bond donors (Lipinski definition) is 0. The molecule has 29 heavy (non-hydrogen) atoms. The third kappa shape index (κ3) is 3.68. The van der Waals surface area contributed by atoms with Crippen LogP contribution in [0.2, 0.25) is 0 Å². The summed E-state index contributed by atoms with van der Waals surface area (Å²) >= 11 is 0. The van der Waals surface area contributed by atoms with Crippen molar-refractivity contribution in [3.8, 4) is 28.5 Å². The van der Waals surface area contributed by atoms with Crippen LogP contribution in [-0.4, -0.2) is 20.2 Å². The van der Waals surface area contributed by atoms with Crippen LogP contribution < -0.4 is 4.74 Å². The lowest BCUT2D eigenvalue weighted by Gasteiger charge is -2.06. The van der Waals surface area contributed by atoms with Gasteiger partial charge in [-0.2, -0.15) is 0 Å². The van der Waals surface area contributed by atoms with Crippen LogP contribution >= 0.6 is 0 Å². The highest BCUT2D eigenvalue weighted by molar-refractivity contribution is 5.76. The van der Waals surface area contributed by atoms with Crippen LogP contribution in [0.1, 0.15) is 5.89 Å². The summed E-state index contributed by atoms with van der Waals surface area (Å²) in [5.41, 5.74) is 4.42. The van der Waals surface area contributed by atoms with Crippen LogP contribution in [-0.2, 0) is 6.61 Å². The smallest absolute Gasteiger partial charge is 0.254 e.